The summed E-state index contributed by atoms with van der Waals surface area (Å²) < 4.78 is 0. The summed E-state index contributed by atoms with van der Waals surface area (Å²) in [5.74, 6) is -0.0279. The van der Waals surface area contributed by atoms with Crippen LogP contribution in [0.3, 0.4) is 0 Å². The Kier molecular flexibility index (Phi) is 4.41. The van der Waals surface area contributed by atoms with Gasteiger partial charge in [0.15, 0.2) is 6.29 Å². The van der Waals surface area contributed by atoms with Crippen molar-refractivity contribution < 1.29 is 9.59 Å². The number of benzene rings is 2. The van der Waals surface area contributed by atoms with E-state index in [2.05, 4.69) is 0 Å². The molecule has 0 atom stereocenters. The quantitative estimate of drug-likeness (QED) is 0.798. The van der Waals surface area contributed by atoms with Crippen molar-refractivity contribution in [1.82, 2.24) is 4.90 Å². The van der Waals surface area contributed by atoms with Gasteiger partial charge in [-0.15, -0.1) is 0 Å². The van der Waals surface area contributed by atoms with E-state index in [0.29, 0.717) is 11.1 Å². The van der Waals surface area contributed by atoms with Crippen molar-refractivity contribution >= 4 is 23.0 Å². The summed E-state index contributed by atoms with van der Waals surface area (Å²) in [7, 11) is 0. The van der Waals surface area contributed by atoms with Gasteiger partial charge in [-0.1, -0.05) is 30.3 Å². The molecule has 0 unspecified atom stereocenters. The third kappa shape index (κ3) is 2.82. The fraction of sp³-hybridized carbons (Fsp3) is 0.333. The Morgan fingerprint density at radius 3 is 2.10 bits per heavy atom. The molecule has 1 amide bonds. The van der Waals surface area contributed by atoms with Gasteiger partial charge in [0.25, 0.3) is 5.91 Å². The molecule has 0 aromatic heterocycles. The lowest BCUT2D eigenvalue weighted by Gasteiger charge is -2.31. The average Bonchev–Trinajstić information content (AvgIpc) is 2.45. The number of carbonyl (C=O) groups excluding carboxylic acids is 2. The monoisotopic (exact) mass is 283 g/mol. The summed E-state index contributed by atoms with van der Waals surface area (Å²) in [6.45, 7) is 8.01. The number of nitrogens with zero attached hydrogens (tertiary/aromatic N) is 1. The molecule has 0 aliphatic carbocycles. The van der Waals surface area contributed by atoms with Crippen LogP contribution in [0, 0.1) is 0 Å². The average molecular weight is 283 g/mol. The highest BCUT2D eigenvalue weighted by molar-refractivity contribution is 6.12. The lowest BCUT2D eigenvalue weighted by atomic mass is 9.98. The van der Waals surface area contributed by atoms with Crippen LogP contribution >= 0.6 is 0 Å². The fourth-order valence-corrected chi connectivity index (χ4v) is 2.85. The maximum Gasteiger partial charge on any atom is 0.254 e. The number of rotatable bonds is 4. The molecule has 110 valence electrons. The van der Waals surface area contributed by atoms with Crippen LogP contribution < -0.4 is 0 Å². The zero-order valence-electron chi connectivity index (χ0n) is 13.0. The van der Waals surface area contributed by atoms with E-state index in [0.717, 1.165) is 17.1 Å². The Morgan fingerprint density at radius 1 is 1.00 bits per heavy atom. The summed E-state index contributed by atoms with van der Waals surface area (Å²) >= 11 is 0. The molecule has 0 saturated carbocycles. The molecule has 3 heteroatoms. The van der Waals surface area contributed by atoms with Crippen molar-refractivity contribution in [1.29, 1.82) is 0 Å². The zero-order valence-corrected chi connectivity index (χ0v) is 13.0. The first-order valence-corrected chi connectivity index (χ1v) is 7.27. The molecule has 0 heterocycles. The molecule has 0 fully saturated rings. The number of carbonyl (C=O) groups is 2. The number of hydrogen-bond acceptors (Lipinski definition) is 2. The van der Waals surface area contributed by atoms with E-state index >= 15 is 0 Å². The molecule has 2 aromatic carbocycles. The SMILES string of the molecule is CC(C)N(C(=O)c1cccc2cccc(C=O)c12)C(C)C. The van der Waals surface area contributed by atoms with Crippen molar-refractivity contribution in [2.24, 2.45) is 0 Å². The topological polar surface area (TPSA) is 37.4 Å². The predicted molar refractivity (Wildman–Crippen MR) is 85.8 cm³/mol. The largest absolute Gasteiger partial charge is 0.334 e. The van der Waals surface area contributed by atoms with E-state index in [1.165, 1.54) is 0 Å². The van der Waals surface area contributed by atoms with Crippen LogP contribution in [0.1, 0.15) is 48.4 Å². The molecule has 0 bridgehead atoms. The van der Waals surface area contributed by atoms with Crippen molar-refractivity contribution in [2.75, 3.05) is 0 Å². The Morgan fingerprint density at radius 2 is 1.57 bits per heavy atom. The first-order chi connectivity index (χ1) is 9.97. The van der Waals surface area contributed by atoms with Crippen LogP contribution in [0.25, 0.3) is 10.8 Å². The second-order valence-corrected chi connectivity index (χ2v) is 5.77. The van der Waals surface area contributed by atoms with E-state index < -0.39 is 0 Å². The van der Waals surface area contributed by atoms with Gasteiger partial charge in [-0.25, -0.2) is 0 Å². The second kappa shape index (κ2) is 6.08. The molecule has 21 heavy (non-hydrogen) atoms. The van der Waals surface area contributed by atoms with Crippen LogP contribution in [0.5, 0.6) is 0 Å². The van der Waals surface area contributed by atoms with Crippen LogP contribution in [0.4, 0.5) is 0 Å². The highest BCUT2D eigenvalue weighted by Gasteiger charge is 2.23. The van der Waals surface area contributed by atoms with E-state index in [1.54, 1.807) is 12.1 Å². The molecule has 2 rings (SSSR count). The molecular formula is C18H21NO2. The van der Waals surface area contributed by atoms with Crippen molar-refractivity contribution in [2.45, 2.75) is 39.8 Å². The third-order valence-electron chi connectivity index (χ3n) is 3.64. The second-order valence-electron chi connectivity index (χ2n) is 5.77. The van der Waals surface area contributed by atoms with Crippen LogP contribution in [-0.4, -0.2) is 29.2 Å². The lowest BCUT2D eigenvalue weighted by Crippen LogP contribution is -2.42. The molecule has 3 nitrogen and oxygen atoms in total. The minimum Gasteiger partial charge on any atom is -0.334 e. The van der Waals surface area contributed by atoms with E-state index in [9.17, 15) is 9.59 Å². The molecule has 0 aliphatic rings. The number of fused-ring (bicyclic) bond motifs is 1. The summed E-state index contributed by atoms with van der Waals surface area (Å²) in [5.41, 5.74) is 1.15. The van der Waals surface area contributed by atoms with Gasteiger partial charge in [0, 0.05) is 28.6 Å². The maximum absolute atomic E-state index is 12.9. The van der Waals surface area contributed by atoms with Gasteiger partial charge in [-0.2, -0.15) is 0 Å². The van der Waals surface area contributed by atoms with Gasteiger partial charge in [0.05, 0.1) is 0 Å². The first kappa shape index (κ1) is 15.2. The zero-order chi connectivity index (χ0) is 15.6. The standard InChI is InChI=1S/C18H21NO2/c1-12(2)19(13(3)4)18(21)16-10-6-8-14-7-5-9-15(11-20)17(14)16/h5-13H,1-4H3. The predicted octanol–water partition coefficient (Wildman–Crippen LogP) is 3.91. The van der Waals surface area contributed by atoms with Gasteiger partial charge in [0.1, 0.15) is 0 Å². The Balaban J connectivity index is 2.66. The Hall–Kier alpha value is -2.16. The van der Waals surface area contributed by atoms with Crippen LogP contribution in [0.2, 0.25) is 0 Å². The molecular weight excluding hydrogens is 262 g/mol. The first-order valence-electron chi connectivity index (χ1n) is 7.27. The maximum atomic E-state index is 12.9. The van der Waals surface area contributed by atoms with Gasteiger partial charge >= 0.3 is 0 Å². The van der Waals surface area contributed by atoms with Gasteiger partial charge in [0.2, 0.25) is 0 Å². The summed E-state index contributed by atoms with van der Waals surface area (Å²) in [4.78, 5) is 26.1. The summed E-state index contributed by atoms with van der Waals surface area (Å²) in [6, 6.07) is 11.3. The molecule has 0 saturated heterocycles. The molecule has 0 spiro atoms. The lowest BCUT2D eigenvalue weighted by molar-refractivity contribution is 0.0646. The minimum atomic E-state index is -0.0279. The molecule has 2 aromatic rings. The Bertz CT molecular complexity index is 661. The van der Waals surface area contributed by atoms with E-state index in [1.807, 2.05) is 56.9 Å². The van der Waals surface area contributed by atoms with Crippen molar-refractivity contribution in [3.05, 3.63) is 47.5 Å². The Labute approximate surface area is 125 Å². The van der Waals surface area contributed by atoms with Crippen molar-refractivity contribution in [3.8, 4) is 0 Å². The highest BCUT2D eigenvalue weighted by atomic mass is 16.2. The van der Waals surface area contributed by atoms with E-state index in [-0.39, 0.29) is 18.0 Å². The normalized spacial score (nSPS) is 11.1. The molecule has 0 radical (unpaired) electrons. The molecule has 0 aliphatic heterocycles. The third-order valence-corrected chi connectivity index (χ3v) is 3.64. The smallest absolute Gasteiger partial charge is 0.254 e. The summed E-state index contributed by atoms with van der Waals surface area (Å²) in [6.07, 6.45) is 0.814. The van der Waals surface area contributed by atoms with Crippen LogP contribution in [-0.2, 0) is 0 Å². The van der Waals surface area contributed by atoms with Gasteiger partial charge in [-0.05, 0) is 39.1 Å². The highest BCUT2D eigenvalue weighted by Crippen LogP contribution is 2.24. The van der Waals surface area contributed by atoms with E-state index in [4.69, 9.17) is 0 Å². The minimum absolute atomic E-state index is 0.0279. The van der Waals surface area contributed by atoms with Gasteiger partial charge in [-0.3, -0.25) is 9.59 Å². The molecule has 0 N–H and O–H groups in total. The summed E-state index contributed by atoms with van der Waals surface area (Å²) in [5, 5.41) is 1.66. The van der Waals surface area contributed by atoms with Gasteiger partial charge < -0.3 is 4.90 Å². The number of hydrogen-bond donors (Lipinski definition) is 0. The number of aldehydes is 1. The van der Waals surface area contributed by atoms with Crippen molar-refractivity contribution in [3.63, 3.8) is 0 Å². The van der Waals surface area contributed by atoms with Crippen LogP contribution in [0.15, 0.2) is 36.4 Å². The number of amides is 1. The fourth-order valence-electron chi connectivity index (χ4n) is 2.85.